The van der Waals surface area contributed by atoms with Crippen LogP contribution in [0.3, 0.4) is 0 Å². The maximum atomic E-state index is 12.1. The highest BCUT2D eigenvalue weighted by Crippen LogP contribution is 2.27. The Morgan fingerprint density at radius 3 is 2.37 bits per heavy atom. The average Bonchev–Trinajstić information content (AvgIpc) is 2.69. The van der Waals surface area contributed by atoms with Gasteiger partial charge in [0.1, 0.15) is 0 Å². The van der Waals surface area contributed by atoms with Crippen molar-refractivity contribution in [2.45, 2.75) is 25.3 Å². The van der Waals surface area contributed by atoms with E-state index in [0.717, 1.165) is 0 Å². The predicted octanol–water partition coefficient (Wildman–Crippen LogP) is 1.79. The first kappa shape index (κ1) is 20.3. The molecule has 5 N–H and O–H groups in total. The number of hydrogen-bond acceptors (Lipinski definition) is 5. The number of nitrogens with one attached hydrogen (secondary N) is 2. The average molecular weight is 372 g/mol. The van der Waals surface area contributed by atoms with E-state index in [2.05, 4.69) is 10.6 Å². The molecule has 0 heterocycles. The molecule has 2 aromatic carbocycles. The van der Waals surface area contributed by atoms with Gasteiger partial charge in [-0.3, -0.25) is 9.59 Å². The van der Waals surface area contributed by atoms with Gasteiger partial charge in [0.2, 0.25) is 0 Å². The number of phenols is 2. The Morgan fingerprint density at radius 1 is 0.926 bits per heavy atom. The molecule has 1 atom stereocenters. The molecule has 0 spiro atoms. The molecule has 2 rings (SSSR count). The number of carbonyl (C=O) groups is 2. The van der Waals surface area contributed by atoms with E-state index in [9.17, 15) is 24.9 Å². The maximum absolute atomic E-state index is 12.1. The number of hydrogen-bond donors (Lipinski definition) is 5. The highest BCUT2D eigenvalue weighted by molar-refractivity contribution is 5.97. The normalized spacial score (nSPS) is 11.6. The Bertz CT molecular complexity index is 764. The molecule has 2 amide bonds. The second-order valence-electron chi connectivity index (χ2n) is 6.14. The third-order valence-electron chi connectivity index (χ3n) is 4.12. The fourth-order valence-electron chi connectivity index (χ4n) is 2.59. The van der Waals surface area contributed by atoms with Crippen molar-refractivity contribution >= 4 is 11.8 Å². The zero-order valence-electron chi connectivity index (χ0n) is 14.9. The summed E-state index contributed by atoms with van der Waals surface area (Å²) < 4.78 is 0. The minimum Gasteiger partial charge on any atom is -0.504 e. The summed E-state index contributed by atoms with van der Waals surface area (Å²) in [7, 11) is 0. The topological polar surface area (TPSA) is 119 Å². The third-order valence-corrected chi connectivity index (χ3v) is 4.12. The molecule has 2 aromatic rings. The molecule has 0 radical (unpaired) electrons. The van der Waals surface area contributed by atoms with Gasteiger partial charge in [-0.2, -0.15) is 0 Å². The quantitative estimate of drug-likeness (QED) is 0.340. The van der Waals surface area contributed by atoms with Gasteiger partial charge in [-0.25, -0.2) is 0 Å². The fourth-order valence-corrected chi connectivity index (χ4v) is 2.59. The van der Waals surface area contributed by atoms with Gasteiger partial charge in [-0.15, -0.1) is 0 Å². The summed E-state index contributed by atoms with van der Waals surface area (Å²) in [5, 5.41) is 34.0. The molecule has 0 fully saturated rings. The van der Waals surface area contributed by atoms with E-state index in [1.807, 2.05) is 6.07 Å². The monoisotopic (exact) mass is 372 g/mol. The number of amides is 2. The number of unbranched alkanes of at least 4 members (excludes halogenated alkanes) is 1. The van der Waals surface area contributed by atoms with Crippen LogP contribution < -0.4 is 10.6 Å². The van der Waals surface area contributed by atoms with Gasteiger partial charge in [-0.05, 0) is 43.5 Å². The number of aromatic hydroxyl groups is 2. The highest BCUT2D eigenvalue weighted by atomic mass is 16.3. The van der Waals surface area contributed by atoms with Gasteiger partial charge in [0, 0.05) is 12.1 Å². The summed E-state index contributed by atoms with van der Waals surface area (Å²) in [4.78, 5) is 24.1. The lowest BCUT2D eigenvalue weighted by Crippen LogP contribution is -2.37. The van der Waals surface area contributed by atoms with Crippen molar-refractivity contribution in [3.63, 3.8) is 0 Å². The van der Waals surface area contributed by atoms with Crippen molar-refractivity contribution in [2.75, 3.05) is 13.2 Å². The molecule has 0 saturated heterocycles. The minimum absolute atomic E-state index is 0.0124. The molecule has 7 heteroatoms. The van der Waals surface area contributed by atoms with Crippen molar-refractivity contribution in [3.8, 4) is 11.5 Å². The first-order valence-corrected chi connectivity index (χ1v) is 8.79. The van der Waals surface area contributed by atoms with Crippen LogP contribution in [0.25, 0.3) is 0 Å². The standard InChI is InChI=1S/C20H24N2O5/c23-13-15(22-19(26)14-7-2-1-3-8-14)9-4-5-12-21-20(27)16-10-6-11-17(24)18(16)25/h1-3,6-8,10-11,15,23-25H,4-5,9,12-13H2,(H,21,27)(H,22,26)/t15-/m0/s1. The van der Waals surface area contributed by atoms with E-state index in [4.69, 9.17) is 0 Å². The van der Waals surface area contributed by atoms with Crippen molar-refractivity contribution in [1.29, 1.82) is 0 Å². The van der Waals surface area contributed by atoms with Crippen LogP contribution in [0.15, 0.2) is 48.5 Å². The van der Waals surface area contributed by atoms with E-state index >= 15 is 0 Å². The van der Waals surface area contributed by atoms with Gasteiger partial charge in [0.05, 0.1) is 18.2 Å². The molecular formula is C20H24N2O5. The number of carbonyl (C=O) groups excluding carboxylic acids is 2. The van der Waals surface area contributed by atoms with Crippen LogP contribution in [0, 0.1) is 0 Å². The Kier molecular flexibility index (Phi) is 7.63. The summed E-state index contributed by atoms with van der Waals surface area (Å²) in [5.41, 5.74) is 0.549. The number of rotatable bonds is 9. The van der Waals surface area contributed by atoms with Gasteiger partial charge < -0.3 is 26.0 Å². The van der Waals surface area contributed by atoms with Crippen molar-refractivity contribution < 1.29 is 24.9 Å². The molecule has 0 aliphatic carbocycles. The Labute approximate surface area is 157 Å². The number of aliphatic hydroxyl groups is 1. The molecule has 0 saturated carbocycles. The number of aliphatic hydroxyl groups excluding tert-OH is 1. The van der Waals surface area contributed by atoms with E-state index in [1.165, 1.54) is 18.2 Å². The molecule has 0 bridgehead atoms. The van der Waals surface area contributed by atoms with Crippen molar-refractivity contribution in [3.05, 3.63) is 59.7 Å². The summed E-state index contributed by atoms with van der Waals surface area (Å²) in [6.45, 7) is 0.209. The van der Waals surface area contributed by atoms with Gasteiger partial charge in [0.15, 0.2) is 11.5 Å². The van der Waals surface area contributed by atoms with E-state index in [-0.39, 0.29) is 29.9 Å². The molecule has 0 unspecified atom stereocenters. The van der Waals surface area contributed by atoms with Crippen LogP contribution in [0.5, 0.6) is 11.5 Å². The van der Waals surface area contributed by atoms with Crippen LogP contribution in [0.4, 0.5) is 0 Å². The Balaban J connectivity index is 1.71. The molecular weight excluding hydrogens is 348 g/mol. The molecule has 0 aromatic heterocycles. The molecule has 144 valence electrons. The second kappa shape index (κ2) is 10.2. The molecule has 27 heavy (non-hydrogen) atoms. The summed E-state index contributed by atoms with van der Waals surface area (Å²) in [5.74, 6) is -1.50. The largest absolute Gasteiger partial charge is 0.504 e. The predicted molar refractivity (Wildman–Crippen MR) is 101 cm³/mol. The van der Waals surface area contributed by atoms with Crippen LogP contribution in [-0.2, 0) is 0 Å². The third kappa shape index (κ3) is 6.00. The molecule has 7 nitrogen and oxygen atoms in total. The highest BCUT2D eigenvalue weighted by Gasteiger charge is 2.14. The van der Waals surface area contributed by atoms with Gasteiger partial charge >= 0.3 is 0 Å². The van der Waals surface area contributed by atoms with Gasteiger partial charge in [0.25, 0.3) is 11.8 Å². The van der Waals surface area contributed by atoms with Gasteiger partial charge in [-0.1, -0.05) is 24.3 Å². The minimum atomic E-state index is -0.473. The lowest BCUT2D eigenvalue weighted by atomic mass is 10.1. The second-order valence-corrected chi connectivity index (χ2v) is 6.14. The van der Waals surface area contributed by atoms with Crippen LogP contribution in [0.1, 0.15) is 40.0 Å². The smallest absolute Gasteiger partial charge is 0.255 e. The lowest BCUT2D eigenvalue weighted by Gasteiger charge is -2.16. The zero-order chi connectivity index (χ0) is 19.6. The molecule has 0 aliphatic rings. The first-order chi connectivity index (χ1) is 13.0. The Hall–Kier alpha value is -3.06. The summed E-state index contributed by atoms with van der Waals surface area (Å²) in [6, 6.07) is 12.6. The van der Waals surface area contributed by atoms with E-state index in [0.29, 0.717) is 31.4 Å². The van der Waals surface area contributed by atoms with E-state index in [1.54, 1.807) is 24.3 Å². The Morgan fingerprint density at radius 2 is 1.67 bits per heavy atom. The van der Waals surface area contributed by atoms with Crippen molar-refractivity contribution in [2.24, 2.45) is 0 Å². The first-order valence-electron chi connectivity index (χ1n) is 8.79. The van der Waals surface area contributed by atoms with Crippen LogP contribution >= 0.6 is 0 Å². The summed E-state index contributed by atoms with van der Waals surface area (Å²) in [6.07, 6.45) is 1.90. The number of phenolic OH excluding ortho intramolecular Hbond substituents is 2. The number of para-hydroxylation sites is 1. The number of benzene rings is 2. The van der Waals surface area contributed by atoms with Crippen molar-refractivity contribution in [1.82, 2.24) is 10.6 Å². The SMILES string of the molecule is O=C(N[C@H](CO)CCCCNC(=O)c1cccc(O)c1O)c1ccccc1. The molecule has 0 aliphatic heterocycles. The fraction of sp³-hybridized carbons (Fsp3) is 0.300. The van der Waals surface area contributed by atoms with E-state index < -0.39 is 11.7 Å². The lowest BCUT2D eigenvalue weighted by molar-refractivity contribution is 0.0912. The van der Waals surface area contributed by atoms with Crippen LogP contribution in [-0.4, -0.2) is 46.3 Å². The summed E-state index contributed by atoms with van der Waals surface area (Å²) >= 11 is 0. The maximum Gasteiger partial charge on any atom is 0.255 e. The van der Waals surface area contributed by atoms with Crippen LogP contribution in [0.2, 0.25) is 0 Å². The zero-order valence-corrected chi connectivity index (χ0v) is 14.9.